The van der Waals surface area contributed by atoms with E-state index in [0.717, 1.165) is 6.20 Å². The monoisotopic (exact) mass is 210 g/mol. The van der Waals surface area contributed by atoms with Crippen molar-refractivity contribution in [1.29, 1.82) is 0 Å². The lowest BCUT2D eigenvalue weighted by Gasteiger charge is -2.05. The fourth-order valence-electron chi connectivity index (χ4n) is 0.985. The highest BCUT2D eigenvalue weighted by Gasteiger charge is 2.04. The van der Waals surface area contributed by atoms with Crippen LogP contribution >= 0.6 is 0 Å². The molecule has 0 unspecified atom stereocenters. The quantitative estimate of drug-likeness (QED) is 0.553. The number of aromatic nitrogens is 1. The van der Waals surface area contributed by atoms with E-state index in [1.54, 1.807) is 6.07 Å². The highest BCUT2D eigenvalue weighted by atomic mass is 16.6. The molecule has 6 heteroatoms. The molecule has 0 aliphatic heterocycles. The summed E-state index contributed by atoms with van der Waals surface area (Å²) >= 11 is 0. The van der Waals surface area contributed by atoms with Crippen LogP contribution in [0, 0.1) is 10.1 Å². The molecule has 0 bridgehead atoms. The molecule has 0 aliphatic carbocycles. The summed E-state index contributed by atoms with van der Waals surface area (Å²) in [4.78, 5) is 13.5. The van der Waals surface area contributed by atoms with Gasteiger partial charge >= 0.3 is 0 Å². The van der Waals surface area contributed by atoms with E-state index < -0.39 is 4.92 Å². The van der Waals surface area contributed by atoms with Gasteiger partial charge in [0.1, 0.15) is 0 Å². The minimum Gasteiger partial charge on any atom is -0.491 e. The molecule has 0 fully saturated rings. The first-order chi connectivity index (χ1) is 7.17. The lowest BCUT2D eigenvalue weighted by atomic mass is 10.2. The van der Waals surface area contributed by atoms with E-state index in [0.29, 0.717) is 17.2 Å². The Hall–Kier alpha value is -2.11. The van der Waals surface area contributed by atoms with E-state index in [1.165, 1.54) is 26.5 Å². The van der Waals surface area contributed by atoms with Gasteiger partial charge in [0.15, 0.2) is 5.75 Å². The zero-order chi connectivity index (χ0) is 11.3. The molecule has 0 saturated carbocycles. The third kappa shape index (κ3) is 2.94. The Kier molecular flexibility index (Phi) is 3.61. The van der Waals surface area contributed by atoms with Crippen LogP contribution in [0.3, 0.4) is 0 Å². The zero-order valence-corrected chi connectivity index (χ0v) is 8.34. The second kappa shape index (κ2) is 4.94. The molecule has 0 radical (unpaired) electrons. The summed E-state index contributed by atoms with van der Waals surface area (Å²) in [6, 6.07) is 1.60. The molecule has 80 valence electrons. The summed E-state index contributed by atoms with van der Waals surface area (Å²) in [5.41, 5.74) is 0.573. The van der Waals surface area contributed by atoms with E-state index >= 15 is 0 Å². The maximum Gasteiger partial charge on any atom is 0.256 e. The number of ether oxygens (including phenoxy) is 2. The molecule has 1 aromatic rings. The summed E-state index contributed by atoms with van der Waals surface area (Å²) in [5, 5.41) is 10.1. The third-order valence-corrected chi connectivity index (χ3v) is 1.64. The van der Waals surface area contributed by atoms with E-state index in [-0.39, 0.29) is 0 Å². The van der Waals surface area contributed by atoms with Gasteiger partial charge in [0.25, 0.3) is 5.88 Å². The first kappa shape index (κ1) is 11.0. The Morgan fingerprint density at radius 3 is 2.73 bits per heavy atom. The van der Waals surface area contributed by atoms with Crippen molar-refractivity contribution in [3.8, 4) is 11.6 Å². The van der Waals surface area contributed by atoms with Crippen molar-refractivity contribution in [3.05, 3.63) is 34.1 Å². The van der Waals surface area contributed by atoms with Gasteiger partial charge in [0.05, 0.1) is 19.1 Å². The molecule has 1 rings (SSSR count). The number of methoxy groups -OCH3 is 2. The van der Waals surface area contributed by atoms with E-state index in [4.69, 9.17) is 9.47 Å². The van der Waals surface area contributed by atoms with Gasteiger partial charge in [-0.2, -0.15) is 0 Å². The Balaban J connectivity index is 2.97. The largest absolute Gasteiger partial charge is 0.491 e. The molecular formula is C9H10N2O4. The molecule has 1 heterocycles. The Morgan fingerprint density at radius 2 is 2.20 bits per heavy atom. The predicted molar refractivity (Wildman–Crippen MR) is 53.4 cm³/mol. The van der Waals surface area contributed by atoms with E-state index in [2.05, 4.69) is 4.98 Å². The van der Waals surface area contributed by atoms with Crippen LogP contribution in [-0.4, -0.2) is 24.1 Å². The minimum atomic E-state index is -0.545. The average Bonchev–Trinajstić information content (AvgIpc) is 2.25. The number of pyridine rings is 1. The van der Waals surface area contributed by atoms with Gasteiger partial charge in [0.2, 0.25) is 6.20 Å². The van der Waals surface area contributed by atoms with Crippen LogP contribution in [0.4, 0.5) is 0 Å². The topological polar surface area (TPSA) is 74.5 Å². The fourth-order valence-corrected chi connectivity index (χ4v) is 0.985. The van der Waals surface area contributed by atoms with Crippen LogP contribution in [0.1, 0.15) is 5.56 Å². The van der Waals surface area contributed by atoms with Gasteiger partial charge in [-0.1, -0.05) is 0 Å². The second-order valence-corrected chi connectivity index (χ2v) is 2.58. The van der Waals surface area contributed by atoms with Gasteiger partial charge in [-0.15, -0.1) is 0 Å². The first-order valence-corrected chi connectivity index (χ1v) is 4.07. The van der Waals surface area contributed by atoms with Crippen LogP contribution < -0.4 is 9.47 Å². The van der Waals surface area contributed by atoms with Crippen LogP contribution in [0.5, 0.6) is 11.6 Å². The Bertz CT molecular complexity index is 390. The van der Waals surface area contributed by atoms with Crippen LogP contribution in [0.15, 0.2) is 18.5 Å². The fraction of sp³-hybridized carbons (Fsp3) is 0.222. The van der Waals surface area contributed by atoms with Crippen molar-refractivity contribution >= 4 is 6.08 Å². The molecule has 0 aromatic carbocycles. The highest BCUT2D eigenvalue weighted by molar-refractivity contribution is 5.51. The summed E-state index contributed by atoms with van der Waals surface area (Å²) < 4.78 is 9.92. The molecule has 6 nitrogen and oxygen atoms in total. The molecule has 0 spiro atoms. The summed E-state index contributed by atoms with van der Waals surface area (Å²) in [5.74, 6) is 0.777. The third-order valence-electron chi connectivity index (χ3n) is 1.64. The minimum absolute atomic E-state index is 0.343. The summed E-state index contributed by atoms with van der Waals surface area (Å²) in [6.45, 7) is 0. The maximum absolute atomic E-state index is 10.1. The summed E-state index contributed by atoms with van der Waals surface area (Å²) in [6.07, 6.45) is 3.62. The molecule has 0 saturated heterocycles. The molecule has 0 N–H and O–H groups in total. The molecule has 15 heavy (non-hydrogen) atoms. The van der Waals surface area contributed by atoms with Gasteiger partial charge < -0.3 is 9.47 Å². The smallest absolute Gasteiger partial charge is 0.256 e. The van der Waals surface area contributed by atoms with E-state index in [1.807, 2.05) is 0 Å². The normalized spacial score (nSPS) is 10.3. The highest BCUT2D eigenvalue weighted by Crippen LogP contribution is 2.24. The predicted octanol–water partition coefficient (Wildman–Crippen LogP) is 1.35. The Morgan fingerprint density at radius 1 is 1.47 bits per heavy atom. The summed E-state index contributed by atoms with van der Waals surface area (Å²) in [7, 11) is 2.94. The Labute approximate surface area is 86.3 Å². The SMILES string of the molecule is COc1cc(C=C[N+](=O)[O-])cnc1OC. The standard InChI is InChI=1S/C9H10N2O4/c1-14-8-5-7(3-4-11(12)13)6-10-9(8)15-2/h3-6H,1-2H3. The number of nitrogens with zero attached hydrogens (tertiary/aromatic N) is 2. The average molecular weight is 210 g/mol. The zero-order valence-electron chi connectivity index (χ0n) is 8.34. The molecule has 0 atom stereocenters. The van der Waals surface area contributed by atoms with Crippen LogP contribution in [0.25, 0.3) is 6.08 Å². The number of rotatable bonds is 4. The maximum atomic E-state index is 10.1. The van der Waals surface area contributed by atoms with Crippen molar-refractivity contribution in [2.24, 2.45) is 0 Å². The van der Waals surface area contributed by atoms with Crippen molar-refractivity contribution < 1.29 is 14.4 Å². The molecule has 0 aliphatic rings. The van der Waals surface area contributed by atoms with Crippen molar-refractivity contribution in [3.63, 3.8) is 0 Å². The molecular weight excluding hydrogens is 200 g/mol. The molecule has 0 amide bonds. The number of hydrogen-bond acceptors (Lipinski definition) is 5. The van der Waals surface area contributed by atoms with Gasteiger partial charge in [0, 0.05) is 17.8 Å². The number of nitro groups is 1. The van der Waals surface area contributed by atoms with Crippen molar-refractivity contribution in [1.82, 2.24) is 4.98 Å². The lowest BCUT2D eigenvalue weighted by Crippen LogP contribution is -1.94. The lowest BCUT2D eigenvalue weighted by molar-refractivity contribution is -0.400. The van der Waals surface area contributed by atoms with Gasteiger partial charge in [-0.05, 0) is 6.07 Å². The van der Waals surface area contributed by atoms with Gasteiger partial charge in [-0.25, -0.2) is 4.98 Å². The van der Waals surface area contributed by atoms with Crippen LogP contribution in [-0.2, 0) is 0 Å². The second-order valence-electron chi connectivity index (χ2n) is 2.58. The van der Waals surface area contributed by atoms with E-state index in [9.17, 15) is 10.1 Å². The van der Waals surface area contributed by atoms with Gasteiger partial charge in [-0.3, -0.25) is 10.1 Å². The first-order valence-electron chi connectivity index (χ1n) is 4.07. The number of hydrogen-bond donors (Lipinski definition) is 0. The van der Waals surface area contributed by atoms with Crippen molar-refractivity contribution in [2.75, 3.05) is 14.2 Å². The van der Waals surface area contributed by atoms with Crippen molar-refractivity contribution in [2.45, 2.75) is 0 Å². The molecule has 1 aromatic heterocycles. The van der Waals surface area contributed by atoms with Crippen LogP contribution in [0.2, 0.25) is 0 Å².